The maximum atomic E-state index is 12.6. The van der Waals surface area contributed by atoms with Crippen LogP contribution >= 0.6 is 0 Å². The van der Waals surface area contributed by atoms with Crippen molar-refractivity contribution in [2.45, 2.75) is 20.8 Å². The van der Waals surface area contributed by atoms with Gasteiger partial charge in [-0.05, 0) is 39.1 Å². The summed E-state index contributed by atoms with van der Waals surface area (Å²) in [6.45, 7) is 8.38. The normalized spacial score (nSPS) is 11.2. The molecule has 0 aromatic carbocycles. The van der Waals surface area contributed by atoms with Crippen LogP contribution in [0.1, 0.15) is 29.9 Å². The maximum Gasteiger partial charge on any atom is 0.254 e. The quantitative estimate of drug-likeness (QED) is 0.859. The zero-order chi connectivity index (χ0) is 15.3. The van der Waals surface area contributed by atoms with E-state index in [0.717, 1.165) is 18.8 Å². The molecule has 0 unspecified atom stereocenters. The Morgan fingerprint density at radius 2 is 1.95 bits per heavy atom. The fourth-order valence-corrected chi connectivity index (χ4v) is 2.04. The van der Waals surface area contributed by atoms with Gasteiger partial charge in [0.05, 0.1) is 0 Å². The summed E-state index contributed by atoms with van der Waals surface area (Å²) < 4.78 is 0. The molecule has 0 saturated carbocycles. The van der Waals surface area contributed by atoms with Crippen LogP contribution < -0.4 is 5.73 Å². The van der Waals surface area contributed by atoms with Crippen LogP contribution in [0.2, 0.25) is 0 Å². The van der Waals surface area contributed by atoms with E-state index in [1.165, 1.54) is 0 Å². The van der Waals surface area contributed by atoms with Gasteiger partial charge in [0.1, 0.15) is 5.82 Å². The van der Waals surface area contributed by atoms with E-state index in [1.54, 1.807) is 12.1 Å². The van der Waals surface area contributed by atoms with E-state index in [1.807, 2.05) is 25.9 Å². The molecule has 0 radical (unpaired) electrons. The lowest BCUT2D eigenvalue weighted by Gasteiger charge is -2.26. The largest absolute Gasteiger partial charge is 0.384 e. The number of hydrogen-bond acceptors (Lipinski definition) is 4. The summed E-state index contributed by atoms with van der Waals surface area (Å²) in [6, 6.07) is 3.44. The van der Waals surface area contributed by atoms with Crippen LogP contribution in [0.5, 0.6) is 0 Å². The summed E-state index contributed by atoms with van der Waals surface area (Å²) in [5, 5.41) is 0. The van der Waals surface area contributed by atoms with Crippen molar-refractivity contribution in [3.63, 3.8) is 0 Å². The van der Waals surface area contributed by atoms with Gasteiger partial charge in [-0.3, -0.25) is 4.79 Å². The molecular formula is C15H26N4O. The molecule has 20 heavy (non-hydrogen) atoms. The average molecular weight is 278 g/mol. The second kappa shape index (κ2) is 7.24. The number of amides is 1. The molecule has 1 rings (SSSR count). The fraction of sp³-hybridized carbons (Fsp3) is 0.600. The highest BCUT2D eigenvalue weighted by Gasteiger charge is 2.17. The molecule has 1 heterocycles. The molecule has 0 atom stereocenters. The minimum absolute atomic E-state index is 0.0257. The van der Waals surface area contributed by atoms with E-state index in [4.69, 9.17) is 5.73 Å². The van der Waals surface area contributed by atoms with Crippen LogP contribution in [0.25, 0.3) is 0 Å². The number of carbonyl (C=O) groups excluding carboxylic acids is 1. The predicted octanol–water partition coefficient (Wildman–Crippen LogP) is 1.63. The van der Waals surface area contributed by atoms with Crippen LogP contribution in [0, 0.1) is 12.8 Å². The van der Waals surface area contributed by atoms with E-state index in [9.17, 15) is 4.79 Å². The van der Waals surface area contributed by atoms with Gasteiger partial charge in [-0.25, -0.2) is 4.98 Å². The van der Waals surface area contributed by atoms with Crippen LogP contribution in [-0.4, -0.2) is 54.4 Å². The molecule has 5 nitrogen and oxygen atoms in total. The summed E-state index contributed by atoms with van der Waals surface area (Å²) in [5.74, 6) is 0.851. The Hall–Kier alpha value is -1.62. The SMILES string of the molecule is Cc1cc(C(=O)N(CCN(C)C)CC(C)C)cc(N)n1. The summed E-state index contributed by atoms with van der Waals surface area (Å²) in [4.78, 5) is 20.7. The van der Waals surface area contributed by atoms with E-state index in [-0.39, 0.29) is 5.91 Å². The summed E-state index contributed by atoms with van der Waals surface area (Å²) in [6.07, 6.45) is 0. The maximum absolute atomic E-state index is 12.6. The van der Waals surface area contributed by atoms with Gasteiger partial charge >= 0.3 is 0 Å². The number of aryl methyl sites for hydroxylation is 1. The average Bonchev–Trinajstić information content (AvgIpc) is 2.31. The van der Waals surface area contributed by atoms with Crippen molar-refractivity contribution in [2.24, 2.45) is 5.92 Å². The van der Waals surface area contributed by atoms with Gasteiger partial charge in [0, 0.05) is 30.9 Å². The highest BCUT2D eigenvalue weighted by Crippen LogP contribution is 2.12. The van der Waals surface area contributed by atoms with E-state index in [0.29, 0.717) is 23.8 Å². The molecule has 0 bridgehead atoms. The Kier molecular flexibility index (Phi) is 5.95. The van der Waals surface area contributed by atoms with Crippen molar-refractivity contribution in [1.29, 1.82) is 0 Å². The third kappa shape index (κ3) is 5.17. The Labute approximate surface area is 121 Å². The van der Waals surface area contributed by atoms with Crippen molar-refractivity contribution < 1.29 is 4.79 Å². The van der Waals surface area contributed by atoms with Crippen molar-refractivity contribution >= 4 is 11.7 Å². The number of rotatable bonds is 6. The summed E-state index contributed by atoms with van der Waals surface area (Å²) in [7, 11) is 4.01. The first kappa shape index (κ1) is 16.4. The third-order valence-electron chi connectivity index (χ3n) is 2.91. The molecule has 0 aliphatic rings. The Bertz CT molecular complexity index is 437. The zero-order valence-corrected chi connectivity index (χ0v) is 13.2. The highest BCUT2D eigenvalue weighted by atomic mass is 16.2. The standard InChI is InChI=1S/C15H26N4O/c1-11(2)10-19(7-6-18(4)5)15(20)13-8-12(3)17-14(16)9-13/h8-9,11H,6-7,10H2,1-5H3,(H2,16,17). The molecule has 1 amide bonds. The first-order valence-corrected chi connectivity index (χ1v) is 6.97. The highest BCUT2D eigenvalue weighted by molar-refractivity contribution is 5.95. The molecule has 0 spiro atoms. The van der Waals surface area contributed by atoms with Gasteiger partial charge < -0.3 is 15.5 Å². The number of nitrogens with two attached hydrogens (primary N) is 1. The summed E-state index contributed by atoms with van der Waals surface area (Å²) in [5.41, 5.74) is 7.12. The smallest absolute Gasteiger partial charge is 0.254 e. The predicted molar refractivity (Wildman–Crippen MR) is 82.7 cm³/mol. The van der Waals surface area contributed by atoms with Gasteiger partial charge in [0.15, 0.2) is 0 Å². The Balaban J connectivity index is 2.90. The van der Waals surface area contributed by atoms with Crippen LogP contribution in [0.4, 0.5) is 5.82 Å². The van der Waals surface area contributed by atoms with Gasteiger partial charge in [-0.15, -0.1) is 0 Å². The molecule has 1 aromatic heterocycles. The van der Waals surface area contributed by atoms with Gasteiger partial charge in [0.2, 0.25) is 0 Å². The van der Waals surface area contributed by atoms with Crippen LogP contribution in [0.3, 0.4) is 0 Å². The van der Waals surface area contributed by atoms with E-state index >= 15 is 0 Å². The molecule has 0 fully saturated rings. The number of pyridine rings is 1. The Morgan fingerprint density at radius 3 is 2.45 bits per heavy atom. The molecule has 0 aliphatic carbocycles. The lowest BCUT2D eigenvalue weighted by atomic mass is 10.1. The first-order chi connectivity index (χ1) is 9.29. The van der Waals surface area contributed by atoms with Crippen molar-refractivity contribution in [3.8, 4) is 0 Å². The lowest BCUT2D eigenvalue weighted by molar-refractivity contribution is 0.0724. The first-order valence-electron chi connectivity index (χ1n) is 6.97. The van der Waals surface area contributed by atoms with Crippen molar-refractivity contribution in [3.05, 3.63) is 23.4 Å². The van der Waals surface area contributed by atoms with E-state index < -0.39 is 0 Å². The van der Waals surface area contributed by atoms with E-state index in [2.05, 4.69) is 23.7 Å². The monoisotopic (exact) mass is 278 g/mol. The molecule has 112 valence electrons. The molecule has 1 aromatic rings. The summed E-state index contributed by atoms with van der Waals surface area (Å²) >= 11 is 0. The second-order valence-corrected chi connectivity index (χ2v) is 5.87. The molecule has 5 heteroatoms. The van der Waals surface area contributed by atoms with Gasteiger partial charge in [-0.1, -0.05) is 13.8 Å². The molecular weight excluding hydrogens is 252 g/mol. The van der Waals surface area contributed by atoms with Crippen LogP contribution in [0.15, 0.2) is 12.1 Å². The Morgan fingerprint density at radius 1 is 1.30 bits per heavy atom. The second-order valence-electron chi connectivity index (χ2n) is 5.87. The van der Waals surface area contributed by atoms with Gasteiger partial charge in [-0.2, -0.15) is 0 Å². The van der Waals surface area contributed by atoms with Gasteiger partial charge in [0.25, 0.3) is 5.91 Å². The zero-order valence-electron chi connectivity index (χ0n) is 13.2. The molecule has 0 saturated heterocycles. The molecule has 0 aliphatic heterocycles. The number of likely N-dealkylation sites (N-methyl/N-ethyl adjacent to an activating group) is 1. The number of aromatic nitrogens is 1. The minimum atomic E-state index is 0.0257. The molecule has 2 N–H and O–H groups in total. The number of hydrogen-bond donors (Lipinski definition) is 1. The topological polar surface area (TPSA) is 62.5 Å². The third-order valence-corrected chi connectivity index (χ3v) is 2.91. The number of carbonyl (C=O) groups is 1. The number of nitrogens with zero attached hydrogens (tertiary/aromatic N) is 3. The lowest BCUT2D eigenvalue weighted by Crippen LogP contribution is -2.39. The van der Waals surface area contributed by atoms with Crippen molar-refractivity contribution in [1.82, 2.24) is 14.8 Å². The van der Waals surface area contributed by atoms with Crippen LogP contribution in [-0.2, 0) is 0 Å². The number of nitrogen functional groups attached to an aromatic ring is 1. The fourth-order valence-electron chi connectivity index (χ4n) is 2.04. The number of anilines is 1. The van der Waals surface area contributed by atoms with Crippen molar-refractivity contribution in [2.75, 3.05) is 39.5 Å². The minimum Gasteiger partial charge on any atom is -0.384 e.